The summed E-state index contributed by atoms with van der Waals surface area (Å²) >= 11 is 0. The first kappa shape index (κ1) is 28.3. The molecule has 0 radical (unpaired) electrons. The second-order valence-electron chi connectivity index (χ2n) is 10.4. The molecule has 2 amide bonds. The molecule has 0 aliphatic heterocycles. The number of aromatic nitrogens is 2. The van der Waals surface area contributed by atoms with Crippen molar-refractivity contribution in [1.29, 1.82) is 0 Å². The Morgan fingerprint density at radius 2 is 1.77 bits per heavy atom. The third-order valence-corrected chi connectivity index (χ3v) is 6.20. The maximum atomic E-state index is 13.4. The number of pyridine rings is 1. The van der Waals surface area contributed by atoms with Crippen LogP contribution in [0.15, 0.2) is 76.1 Å². The lowest BCUT2D eigenvalue weighted by atomic mass is 10.0. The predicted octanol–water partition coefficient (Wildman–Crippen LogP) is 4.60. The Labute approximate surface area is 232 Å². The smallest absolute Gasteiger partial charge is 0.412 e. The number of nitrogens with zero attached hydrogens (tertiary/aromatic N) is 3. The predicted molar refractivity (Wildman–Crippen MR) is 153 cm³/mol. The average Bonchev–Trinajstić information content (AvgIpc) is 2.91. The molecular formula is C30H33N5O5. The molecule has 2 heterocycles. The van der Waals surface area contributed by atoms with Gasteiger partial charge in [-0.25, -0.2) is 9.59 Å². The molecule has 1 atom stereocenters. The van der Waals surface area contributed by atoms with Crippen molar-refractivity contribution in [3.63, 3.8) is 0 Å². The van der Waals surface area contributed by atoms with Crippen molar-refractivity contribution in [2.75, 3.05) is 17.3 Å². The van der Waals surface area contributed by atoms with Crippen molar-refractivity contribution < 1.29 is 18.7 Å². The van der Waals surface area contributed by atoms with Crippen LogP contribution >= 0.6 is 0 Å². The molecule has 10 nitrogen and oxygen atoms in total. The molecular weight excluding hydrogens is 510 g/mol. The molecule has 4 aromatic rings. The molecule has 40 heavy (non-hydrogen) atoms. The number of fused-ring (bicyclic) bond motifs is 1. The van der Waals surface area contributed by atoms with Crippen LogP contribution in [0.5, 0.6) is 0 Å². The summed E-state index contributed by atoms with van der Waals surface area (Å²) in [6.45, 7) is 7.24. The van der Waals surface area contributed by atoms with Crippen LogP contribution in [-0.4, -0.2) is 40.7 Å². The second kappa shape index (κ2) is 12.0. The molecule has 4 rings (SSSR count). The molecule has 0 bridgehead atoms. The van der Waals surface area contributed by atoms with E-state index in [1.54, 1.807) is 58.0 Å². The number of likely N-dealkylation sites (N-methyl/N-ethyl adjacent to an activating group) is 1. The lowest BCUT2D eigenvalue weighted by molar-refractivity contribution is -0.122. The second-order valence-corrected chi connectivity index (χ2v) is 10.4. The van der Waals surface area contributed by atoms with Gasteiger partial charge in [0.2, 0.25) is 5.91 Å². The highest BCUT2D eigenvalue weighted by atomic mass is 16.6. The molecule has 0 aliphatic carbocycles. The van der Waals surface area contributed by atoms with E-state index in [9.17, 15) is 14.4 Å². The van der Waals surface area contributed by atoms with Crippen molar-refractivity contribution in [1.82, 2.24) is 15.3 Å². The maximum absolute atomic E-state index is 13.4. The fourth-order valence-electron chi connectivity index (χ4n) is 4.18. The van der Waals surface area contributed by atoms with Crippen molar-refractivity contribution in [3.05, 3.63) is 94.1 Å². The lowest BCUT2D eigenvalue weighted by Crippen LogP contribution is -2.47. The van der Waals surface area contributed by atoms with E-state index in [4.69, 9.17) is 9.15 Å². The van der Waals surface area contributed by atoms with Crippen molar-refractivity contribution >= 4 is 34.6 Å². The topological polar surface area (TPSA) is 127 Å². The highest BCUT2D eigenvalue weighted by Crippen LogP contribution is 2.25. The highest BCUT2D eigenvalue weighted by Gasteiger charge is 2.27. The number of nitrogens with one attached hydrogen (secondary N) is 2. The van der Waals surface area contributed by atoms with Crippen LogP contribution in [0.4, 0.5) is 16.5 Å². The summed E-state index contributed by atoms with van der Waals surface area (Å²) < 4.78 is 10.9. The number of ether oxygens (including phenoxy) is 1. The summed E-state index contributed by atoms with van der Waals surface area (Å²) in [7, 11) is 1.66. The zero-order valence-electron chi connectivity index (χ0n) is 23.2. The number of hydrogen-bond donors (Lipinski definition) is 2. The van der Waals surface area contributed by atoms with Gasteiger partial charge in [0.05, 0.1) is 23.1 Å². The summed E-state index contributed by atoms with van der Waals surface area (Å²) in [6.07, 6.45) is 1.38. The quantitative estimate of drug-likeness (QED) is 0.330. The summed E-state index contributed by atoms with van der Waals surface area (Å²) in [5.41, 5.74) is 1.63. The highest BCUT2D eigenvalue weighted by molar-refractivity contribution is 5.93. The summed E-state index contributed by atoms with van der Waals surface area (Å²) in [6, 6.07) is 17.6. The molecule has 2 aromatic carbocycles. The molecule has 2 N–H and O–H groups in total. The van der Waals surface area contributed by atoms with E-state index >= 15 is 0 Å². The van der Waals surface area contributed by atoms with Gasteiger partial charge in [-0.15, -0.1) is 0 Å². The molecule has 0 unspecified atom stereocenters. The molecule has 2 aromatic heterocycles. The summed E-state index contributed by atoms with van der Waals surface area (Å²) in [4.78, 5) is 49.2. The Balaban J connectivity index is 1.62. The molecule has 0 fully saturated rings. The normalized spacial score (nSPS) is 12.0. The van der Waals surface area contributed by atoms with E-state index in [1.165, 1.54) is 0 Å². The molecule has 0 saturated heterocycles. The van der Waals surface area contributed by atoms with E-state index in [-0.39, 0.29) is 23.9 Å². The number of rotatable bonds is 8. The van der Waals surface area contributed by atoms with Crippen LogP contribution in [-0.2, 0) is 22.5 Å². The molecule has 0 spiro atoms. The van der Waals surface area contributed by atoms with Crippen molar-refractivity contribution in [2.45, 2.75) is 52.3 Å². The zero-order chi connectivity index (χ0) is 28.9. The van der Waals surface area contributed by atoms with Crippen LogP contribution in [0.1, 0.15) is 37.6 Å². The van der Waals surface area contributed by atoms with Gasteiger partial charge in [0.15, 0.2) is 0 Å². The van der Waals surface area contributed by atoms with Gasteiger partial charge in [-0.05, 0) is 63.1 Å². The van der Waals surface area contributed by atoms with Crippen LogP contribution in [0, 0.1) is 6.92 Å². The minimum absolute atomic E-state index is 0.00123. The van der Waals surface area contributed by atoms with E-state index < -0.39 is 23.4 Å². The fourth-order valence-corrected chi connectivity index (χ4v) is 4.18. The zero-order valence-corrected chi connectivity index (χ0v) is 23.2. The first-order valence-electron chi connectivity index (χ1n) is 12.9. The van der Waals surface area contributed by atoms with Crippen LogP contribution in [0.2, 0.25) is 0 Å². The maximum Gasteiger partial charge on any atom is 0.412 e. The first-order chi connectivity index (χ1) is 19.0. The number of hydrogen-bond acceptors (Lipinski definition) is 8. The minimum Gasteiger partial charge on any atom is -0.444 e. The monoisotopic (exact) mass is 543 g/mol. The van der Waals surface area contributed by atoms with Crippen molar-refractivity contribution in [3.8, 4) is 0 Å². The van der Waals surface area contributed by atoms with E-state index in [0.29, 0.717) is 23.2 Å². The summed E-state index contributed by atoms with van der Waals surface area (Å²) in [5.74, 6) is -0.269. The van der Waals surface area contributed by atoms with E-state index in [2.05, 4.69) is 20.6 Å². The number of aryl methyl sites for hydroxylation is 1. The molecule has 0 saturated carbocycles. The number of carbonyl (C=O) groups excluding carboxylic acids is 2. The number of anilines is 2. The standard InChI is InChI=1S/C30H33N5O5/c1-19-22(34-29(38)40-30(2,3)4)14-15-23-25(19)27(37)39-28(33-23)35(5)24(17-20-11-7-6-8-12-20)26(36)32-18-21-13-9-10-16-31-21/h6-16,24H,17-18H2,1-5H3,(H,32,36)(H,34,38)/t24-/m0/s1. The van der Waals surface area contributed by atoms with Gasteiger partial charge in [0.25, 0.3) is 0 Å². The van der Waals surface area contributed by atoms with E-state index in [1.807, 2.05) is 48.5 Å². The third-order valence-electron chi connectivity index (χ3n) is 6.20. The number of carbonyl (C=O) groups is 2. The molecule has 10 heteroatoms. The molecule has 208 valence electrons. The Hall–Kier alpha value is -4.73. The fraction of sp³-hybridized carbons (Fsp3) is 0.300. The largest absolute Gasteiger partial charge is 0.444 e. The SMILES string of the molecule is Cc1c(NC(=O)OC(C)(C)C)ccc2nc(N(C)[C@@H](Cc3ccccc3)C(=O)NCc3ccccn3)oc(=O)c12. The van der Waals surface area contributed by atoms with Crippen molar-refractivity contribution in [2.24, 2.45) is 0 Å². The minimum atomic E-state index is -0.728. The summed E-state index contributed by atoms with van der Waals surface area (Å²) in [5, 5.41) is 5.83. The van der Waals surface area contributed by atoms with Gasteiger partial charge in [0, 0.05) is 25.4 Å². The van der Waals surface area contributed by atoms with Gasteiger partial charge in [-0.2, -0.15) is 4.98 Å². The number of benzene rings is 2. The van der Waals surface area contributed by atoms with E-state index in [0.717, 1.165) is 11.3 Å². The van der Waals surface area contributed by atoms with Gasteiger partial charge >= 0.3 is 17.7 Å². The Morgan fingerprint density at radius 1 is 1.05 bits per heavy atom. The molecule has 0 aliphatic rings. The average molecular weight is 544 g/mol. The van der Waals surface area contributed by atoms with Gasteiger partial charge < -0.3 is 19.4 Å². The Kier molecular flexibility index (Phi) is 8.47. The first-order valence-corrected chi connectivity index (χ1v) is 12.9. The van der Waals surface area contributed by atoms with Crippen LogP contribution in [0.3, 0.4) is 0 Å². The van der Waals surface area contributed by atoms with Gasteiger partial charge in [-0.3, -0.25) is 15.1 Å². The number of amides is 2. The van der Waals surface area contributed by atoms with Gasteiger partial charge in [0.1, 0.15) is 11.6 Å². The van der Waals surface area contributed by atoms with Crippen LogP contribution in [0.25, 0.3) is 10.9 Å². The third kappa shape index (κ3) is 7.02. The van der Waals surface area contributed by atoms with Gasteiger partial charge in [-0.1, -0.05) is 36.4 Å². The lowest BCUT2D eigenvalue weighted by Gasteiger charge is -2.27. The Bertz CT molecular complexity index is 1550. The Morgan fingerprint density at radius 3 is 2.45 bits per heavy atom. The van der Waals surface area contributed by atoms with Crippen LogP contribution < -0.4 is 21.2 Å².